The first-order chi connectivity index (χ1) is 15.6. The quantitative estimate of drug-likeness (QED) is 0.322. The van der Waals surface area contributed by atoms with Crippen molar-refractivity contribution in [2.24, 2.45) is 0 Å². The number of aromatic nitrogens is 1. The number of halogens is 3. The Hall–Kier alpha value is -2.78. The molecule has 4 rings (SSSR count). The van der Waals surface area contributed by atoms with Crippen LogP contribution in [-0.4, -0.2) is 25.6 Å². The van der Waals surface area contributed by atoms with Crippen LogP contribution in [0.3, 0.4) is 0 Å². The van der Waals surface area contributed by atoms with Gasteiger partial charge in [-0.05, 0) is 48.0 Å². The molecule has 4 aromatic rings. The van der Waals surface area contributed by atoms with Crippen LogP contribution in [0.15, 0.2) is 71.6 Å². The van der Waals surface area contributed by atoms with E-state index >= 15 is 0 Å². The lowest BCUT2D eigenvalue weighted by Gasteiger charge is -2.04. The fraction of sp³-hybridized carbons (Fsp3) is 0.0435. The number of amides is 1. The van der Waals surface area contributed by atoms with Crippen LogP contribution in [0, 0.1) is 5.82 Å². The number of nitrogens with one attached hydrogen (secondary N) is 1. The van der Waals surface area contributed by atoms with Gasteiger partial charge in [-0.3, -0.25) is 4.79 Å². The maximum Gasteiger partial charge on any atom is 0.284 e. The zero-order chi connectivity index (χ0) is 23.8. The molecule has 33 heavy (non-hydrogen) atoms. The van der Waals surface area contributed by atoms with Gasteiger partial charge in [0.25, 0.3) is 5.91 Å². The summed E-state index contributed by atoms with van der Waals surface area (Å²) in [7, 11) is -3.36. The Kier molecular flexibility index (Phi) is 6.54. The highest BCUT2D eigenvalue weighted by Gasteiger charge is 2.20. The van der Waals surface area contributed by atoms with E-state index < -0.39 is 21.6 Å². The maximum absolute atomic E-state index is 13.5. The summed E-state index contributed by atoms with van der Waals surface area (Å²) in [6.07, 6.45) is 1.12. The molecule has 1 N–H and O–H groups in total. The number of hydrogen-bond acceptors (Lipinski definition) is 5. The van der Waals surface area contributed by atoms with Gasteiger partial charge in [-0.2, -0.15) is 0 Å². The number of carbonyl (C=O) groups is 1. The first-order valence-electron chi connectivity index (χ1n) is 9.45. The molecule has 0 aliphatic rings. The predicted octanol–water partition coefficient (Wildman–Crippen LogP) is 6.58. The largest absolute Gasteiger partial charge is 0.320 e. The van der Waals surface area contributed by atoms with Gasteiger partial charge in [0.15, 0.2) is 14.8 Å². The van der Waals surface area contributed by atoms with E-state index in [1.165, 1.54) is 24.3 Å². The van der Waals surface area contributed by atoms with Crippen LogP contribution in [0.2, 0.25) is 10.0 Å². The van der Waals surface area contributed by atoms with Crippen LogP contribution in [-0.2, 0) is 9.84 Å². The lowest BCUT2D eigenvalue weighted by Crippen LogP contribution is -2.11. The van der Waals surface area contributed by atoms with Crippen molar-refractivity contribution in [2.75, 3.05) is 11.6 Å². The Morgan fingerprint density at radius 1 is 0.939 bits per heavy atom. The van der Waals surface area contributed by atoms with Gasteiger partial charge in [-0.15, -0.1) is 11.3 Å². The van der Waals surface area contributed by atoms with E-state index in [-0.39, 0.29) is 9.90 Å². The standard InChI is InChI=1S/C23H15Cl2FN2O3S2/c1-33(30,31)19-8-4-13(5-9-19)20-21(14-2-6-17(26)7-3-14)32-23(28-20)22(29)27-18-11-15(24)10-16(25)12-18/h2-12H,1H3,(H,27,29). The summed E-state index contributed by atoms with van der Waals surface area (Å²) in [4.78, 5) is 18.2. The second-order valence-electron chi connectivity index (χ2n) is 7.11. The van der Waals surface area contributed by atoms with Crippen molar-refractivity contribution in [3.63, 3.8) is 0 Å². The highest BCUT2D eigenvalue weighted by Crippen LogP contribution is 2.37. The molecule has 0 spiro atoms. The normalized spacial score (nSPS) is 11.4. The zero-order valence-corrected chi connectivity index (χ0v) is 20.1. The van der Waals surface area contributed by atoms with Crippen LogP contribution < -0.4 is 5.32 Å². The van der Waals surface area contributed by atoms with E-state index in [9.17, 15) is 17.6 Å². The average Bonchev–Trinajstić information content (AvgIpc) is 3.19. The summed E-state index contributed by atoms with van der Waals surface area (Å²) in [6, 6.07) is 16.7. The van der Waals surface area contributed by atoms with Gasteiger partial charge in [-0.1, -0.05) is 47.5 Å². The Morgan fingerprint density at radius 2 is 1.52 bits per heavy atom. The smallest absolute Gasteiger partial charge is 0.284 e. The Balaban J connectivity index is 1.76. The van der Waals surface area contributed by atoms with Gasteiger partial charge in [0, 0.05) is 27.6 Å². The molecule has 0 aliphatic heterocycles. The molecule has 5 nitrogen and oxygen atoms in total. The number of anilines is 1. The van der Waals surface area contributed by atoms with Crippen molar-refractivity contribution in [1.82, 2.24) is 4.98 Å². The predicted molar refractivity (Wildman–Crippen MR) is 130 cm³/mol. The summed E-state index contributed by atoms with van der Waals surface area (Å²) >= 11 is 13.1. The lowest BCUT2D eigenvalue weighted by atomic mass is 10.1. The molecule has 3 aromatic carbocycles. The van der Waals surface area contributed by atoms with Gasteiger partial charge in [-0.25, -0.2) is 17.8 Å². The topological polar surface area (TPSA) is 76.1 Å². The van der Waals surface area contributed by atoms with Gasteiger partial charge in [0.1, 0.15) is 5.82 Å². The maximum atomic E-state index is 13.5. The van der Waals surface area contributed by atoms with E-state index in [1.807, 2.05) is 0 Å². The molecule has 0 unspecified atom stereocenters. The van der Waals surface area contributed by atoms with Gasteiger partial charge in [0.2, 0.25) is 0 Å². The molecule has 1 aromatic heterocycles. The van der Waals surface area contributed by atoms with Crippen molar-refractivity contribution < 1.29 is 17.6 Å². The fourth-order valence-corrected chi connectivity index (χ4v) is 5.23. The van der Waals surface area contributed by atoms with Crippen LogP contribution >= 0.6 is 34.5 Å². The summed E-state index contributed by atoms with van der Waals surface area (Å²) in [5.74, 6) is -0.862. The minimum Gasteiger partial charge on any atom is -0.320 e. The van der Waals surface area contributed by atoms with Crippen molar-refractivity contribution in [3.8, 4) is 21.7 Å². The third kappa shape index (κ3) is 5.42. The highest BCUT2D eigenvalue weighted by molar-refractivity contribution is 7.90. The van der Waals surface area contributed by atoms with Crippen LogP contribution in [0.4, 0.5) is 10.1 Å². The van der Waals surface area contributed by atoms with Gasteiger partial charge < -0.3 is 5.32 Å². The minimum atomic E-state index is -3.36. The molecular weight excluding hydrogens is 506 g/mol. The number of nitrogens with zero attached hydrogens (tertiary/aromatic N) is 1. The van der Waals surface area contributed by atoms with Gasteiger partial charge in [0.05, 0.1) is 15.5 Å². The van der Waals surface area contributed by atoms with Crippen LogP contribution in [0.5, 0.6) is 0 Å². The molecule has 0 radical (unpaired) electrons. The van der Waals surface area contributed by atoms with E-state index in [1.54, 1.807) is 42.5 Å². The summed E-state index contributed by atoms with van der Waals surface area (Å²) in [6.45, 7) is 0. The Labute approximate surface area is 203 Å². The van der Waals surface area contributed by atoms with E-state index in [0.717, 1.165) is 17.6 Å². The molecule has 1 heterocycles. The monoisotopic (exact) mass is 520 g/mol. The highest BCUT2D eigenvalue weighted by atomic mass is 35.5. The molecule has 0 bridgehead atoms. The fourth-order valence-electron chi connectivity index (χ4n) is 3.08. The lowest BCUT2D eigenvalue weighted by molar-refractivity contribution is 0.102. The average molecular weight is 521 g/mol. The Bertz CT molecular complexity index is 1430. The molecule has 0 saturated heterocycles. The number of rotatable bonds is 5. The number of benzene rings is 3. The number of sulfone groups is 1. The molecule has 1 amide bonds. The van der Waals surface area contributed by atoms with Crippen LogP contribution in [0.25, 0.3) is 21.7 Å². The molecule has 0 fully saturated rings. The first kappa shape index (κ1) is 23.4. The summed E-state index contributed by atoms with van der Waals surface area (Å²) in [5, 5.41) is 3.62. The number of carbonyl (C=O) groups excluding carboxylic acids is 1. The van der Waals surface area contributed by atoms with Crippen molar-refractivity contribution in [1.29, 1.82) is 0 Å². The van der Waals surface area contributed by atoms with Crippen molar-refractivity contribution in [2.45, 2.75) is 4.90 Å². The second kappa shape index (κ2) is 9.23. The van der Waals surface area contributed by atoms with Crippen molar-refractivity contribution in [3.05, 3.63) is 87.6 Å². The van der Waals surface area contributed by atoms with E-state index in [0.29, 0.717) is 37.4 Å². The first-order valence-corrected chi connectivity index (χ1v) is 12.9. The second-order valence-corrected chi connectivity index (χ2v) is 11.0. The third-order valence-electron chi connectivity index (χ3n) is 4.60. The SMILES string of the molecule is CS(=O)(=O)c1ccc(-c2nc(C(=O)Nc3cc(Cl)cc(Cl)c3)sc2-c2ccc(F)cc2)cc1. The van der Waals surface area contributed by atoms with Crippen LogP contribution in [0.1, 0.15) is 9.80 Å². The summed E-state index contributed by atoms with van der Waals surface area (Å²) in [5.41, 5.74) is 2.17. The minimum absolute atomic E-state index is 0.160. The van der Waals surface area contributed by atoms with Crippen molar-refractivity contribution >= 4 is 56.0 Å². The van der Waals surface area contributed by atoms with E-state index in [4.69, 9.17) is 23.2 Å². The molecule has 0 atom stereocenters. The molecule has 10 heteroatoms. The zero-order valence-electron chi connectivity index (χ0n) is 17.0. The molecule has 0 aliphatic carbocycles. The van der Waals surface area contributed by atoms with Gasteiger partial charge >= 0.3 is 0 Å². The third-order valence-corrected chi connectivity index (χ3v) is 7.27. The molecule has 168 valence electrons. The Morgan fingerprint density at radius 3 is 2.09 bits per heavy atom. The number of hydrogen-bond donors (Lipinski definition) is 1. The molecule has 0 saturated carbocycles. The number of thiazole rings is 1. The summed E-state index contributed by atoms with van der Waals surface area (Å²) < 4.78 is 37.1. The van der Waals surface area contributed by atoms with E-state index in [2.05, 4.69) is 10.3 Å². The molecular formula is C23H15Cl2FN2O3S2.